The first-order valence-electron chi connectivity index (χ1n) is 8.69. The van der Waals surface area contributed by atoms with Crippen molar-refractivity contribution >= 4 is 23.6 Å². The smallest absolute Gasteiger partial charge is 0.317 e. The number of nitrogens with one attached hydrogen (secondary N) is 1. The number of nitrogens with zero attached hydrogens (tertiary/aromatic N) is 1. The molecule has 0 aromatic heterocycles. The van der Waals surface area contributed by atoms with Gasteiger partial charge in [0, 0.05) is 23.2 Å². The van der Waals surface area contributed by atoms with Crippen LogP contribution < -0.4 is 5.32 Å². The normalized spacial score (nSPS) is 26.9. The molecule has 6 nitrogen and oxygen atoms in total. The maximum absolute atomic E-state index is 12.6. The van der Waals surface area contributed by atoms with Crippen LogP contribution in [0.3, 0.4) is 0 Å². The van der Waals surface area contributed by atoms with E-state index in [2.05, 4.69) is 5.32 Å². The van der Waals surface area contributed by atoms with Crippen molar-refractivity contribution in [1.82, 2.24) is 10.2 Å². The molecule has 0 radical (unpaired) electrons. The molecule has 0 spiro atoms. The molecule has 0 bridgehead atoms. The number of urea groups is 1. The predicted octanol–water partition coefficient (Wildman–Crippen LogP) is 3.07. The number of rotatable bonds is 3. The number of amides is 2. The van der Waals surface area contributed by atoms with E-state index in [1.165, 1.54) is 0 Å². The SMILES string of the molecule is O=C(O)C1CCC(NC(=O)N2CCOC(c3ccccc3Cl)C2)CC1. The zero-order valence-electron chi connectivity index (χ0n) is 14.0. The number of benzene rings is 1. The van der Waals surface area contributed by atoms with Crippen LogP contribution in [0.15, 0.2) is 24.3 Å². The monoisotopic (exact) mass is 366 g/mol. The summed E-state index contributed by atoms with van der Waals surface area (Å²) in [6, 6.07) is 7.45. The van der Waals surface area contributed by atoms with Gasteiger partial charge in [-0.2, -0.15) is 0 Å². The summed E-state index contributed by atoms with van der Waals surface area (Å²) in [5.74, 6) is -1.01. The van der Waals surface area contributed by atoms with Gasteiger partial charge in [-0.3, -0.25) is 4.79 Å². The van der Waals surface area contributed by atoms with Crippen LogP contribution in [0.5, 0.6) is 0 Å². The fourth-order valence-corrected chi connectivity index (χ4v) is 3.77. The summed E-state index contributed by atoms with van der Waals surface area (Å²) in [6.07, 6.45) is 2.43. The number of ether oxygens (including phenoxy) is 1. The van der Waals surface area contributed by atoms with E-state index in [1.54, 1.807) is 4.90 Å². The highest BCUT2D eigenvalue weighted by molar-refractivity contribution is 6.31. The average Bonchev–Trinajstić information content (AvgIpc) is 2.62. The van der Waals surface area contributed by atoms with E-state index in [-0.39, 0.29) is 24.1 Å². The molecule has 1 saturated heterocycles. The molecule has 3 rings (SSSR count). The molecular weight excluding hydrogens is 344 g/mol. The van der Waals surface area contributed by atoms with Crippen molar-refractivity contribution < 1.29 is 19.4 Å². The molecular formula is C18H23ClN2O4. The maximum atomic E-state index is 12.6. The summed E-state index contributed by atoms with van der Waals surface area (Å²) in [4.78, 5) is 25.3. The van der Waals surface area contributed by atoms with E-state index < -0.39 is 5.97 Å². The molecule has 2 amide bonds. The Morgan fingerprint density at radius 3 is 2.60 bits per heavy atom. The van der Waals surface area contributed by atoms with Crippen molar-refractivity contribution in [2.75, 3.05) is 19.7 Å². The van der Waals surface area contributed by atoms with Crippen LogP contribution in [0.4, 0.5) is 4.79 Å². The topological polar surface area (TPSA) is 78.9 Å². The van der Waals surface area contributed by atoms with Crippen LogP contribution in [0.25, 0.3) is 0 Å². The number of carboxylic acids is 1. The van der Waals surface area contributed by atoms with Crippen molar-refractivity contribution in [3.63, 3.8) is 0 Å². The van der Waals surface area contributed by atoms with Gasteiger partial charge in [0.2, 0.25) is 0 Å². The van der Waals surface area contributed by atoms with Crippen LogP contribution in [0.2, 0.25) is 5.02 Å². The molecule has 1 saturated carbocycles. The van der Waals surface area contributed by atoms with Gasteiger partial charge in [-0.25, -0.2) is 4.79 Å². The van der Waals surface area contributed by atoms with Gasteiger partial charge >= 0.3 is 12.0 Å². The van der Waals surface area contributed by atoms with Gasteiger partial charge in [0.25, 0.3) is 0 Å². The Labute approximate surface area is 152 Å². The highest BCUT2D eigenvalue weighted by atomic mass is 35.5. The van der Waals surface area contributed by atoms with Crippen molar-refractivity contribution in [3.8, 4) is 0 Å². The van der Waals surface area contributed by atoms with E-state index in [4.69, 9.17) is 21.4 Å². The van der Waals surface area contributed by atoms with Gasteiger partial charge < -0.3 is 20.1 Å². The maximum Gasteiger partial charge on any atom is 0.317 e. The Morgan fingerprint density at radius 1 is 1.20 bits per heavy atom. The Bertz CT molecular complexity index is 631. The van der Waals surface area contributed by atoms with Gasteiger partial charge in [0.05, 0.1) is 19.1 Å². The predicted molar refractivity (Wildman–Crippen MR) is 93.6 cm³/mol. The van der Waals surface area contributed by atoms with Gasteiger partial charge in [-0.1, -0.05) is 29.8 Å². The number of morpholine rings is 1. The molecule has 1 unspecified atom stereocenters. The first-order valence-corrected chi connectivity index (χ1v) is 9.06. The van der Waals surface area contributed by atoms with E-state index >= 15 is 0 Å². The quantitative estimate of drug-likeness (QED) is 0.861. The molecule has 2 N–H and O–H groups in total. The lowest BCUT2D eigenvalue weighted by Crippen LogP contribution is -2.50. The minimum Gasteiger partial charge on any atom is -0.481 e. The second-order valence-electron chi connectivity index (χ2n) is 6.66. The second kappa shape index (κ2) is 8.06. The first-order chi connectivity index (χ1) is 12.0. The lowest BCUT2D eigenvalue weighted by molar-refractivity contribution is -0.142. The molecule has 1 aromatic carbocycles. The van der Waals surface area contributed by atoms with E-state index in [1.807, 2.05) is 24.3 Å². The molecule has 25 heavy (non-hydrogen) atoms. The molecule has 1 aliphatic carbocycles. The van der Waals surface area contributed by atoms with Gasteiger partial charge in [-0.05, 0) is 31.7 Å². The Kier molecular flexibility index (Phi) is 5.81. The van der Waals surface area contributed by atoms with Crippen LogP contribution in [0.1, 0.15) is 37.4 Å². The van der Waals surface area contributed by atoms with Crippen LogP contribution in [-0.4, -0.2) is 47.7 Å². The third-order valence-corrected chi connectivity index (χ3v) is 5.35. The molecule has 1 aromatic rings. The van der Waals surface area contributed by atoms with Crippen molar-refractivity contribution in [2.24, 2.45) is 5.92 Å². The van der Waals surface area contributed by atoms with Gasteiger partial charge in [0.1, 0.15) is 6.10 Å². The second-order valence-corrected chi connectivity index (χ2v) is 7.07. The van der Waals surface area contributed by atoms with E-state index in [9.17, 15) is 9.59 Å². The number of hydrogen-bond acceptors (Lipinski definition) is 3. The van der Waals surface area contributed by atoms with E-state index in [0.717, 1.165) is 5.56 Å². The molecule has 1 atom stereocenters. The number of carboxylic acid groups (broad SMARTS) is 1. The van der Waals surface area contributed by atoms with Crippen LogP contribution in [-0.2, 0) is 9.53 Å². The molecule has 136 valence electrons. The third kappa shape index (κ3) is 4.44. The van der Waals surface area contributed by atoms with Crippen LogP contribution in [0, 0.1) is 5.92 Å². The number of aliphatic carboxylic acids is 1. The molecule has 7 heteroatoms. The van der Waals surface area contributed by atoms with Gasteiger partial charge in [-0.15, -0.1) is 0 Å². The molecule has 1 aliphatic heterocycles. The fourth-order valence-electron chi connectivity index (χ4n) is 3.51. The van der Waals surface area contributed by atoms with E-state index in [0.29, 0.717) is 50.4 Å². The highest BCUT2D eigenvalue weighted by Gasteiger charge is 2.30. The highest BCUT2D eigenvalue weighted by Crippen LogP contribution is 2.29. The minimum atomic E-state index is -0.736. The number of carbonyl (C=O) groups is 2. The van der Waals surface area contributed by atoms with Crippen LogP contribution >= 0.6 is 11.6 Å². The lowest BCUT2D eigenvalue weighted by Gasteiger charge is -2.35. The summed E-state index contributed by atoms with van der Waals surface area (Å²) in [5.41, 5.74) is 0.892. The third-order valence-electron chi connectivity index (χ3n) is 5.01. The molecule has 1 heterocycles. The van der Waals surface area contributed by atoms with Gasteiger partial charge in [0.15, 0.2) is 0 Å². The first kappa shape index (κ1) is 18.0. The van der Waals surface area contributed by atoms with Crippen molar-refractivity contribution in [3.05, 3.63) is 34.9 Å². The van der Waals surface area contributed by atoms with Crippen molar-refractivity contribution in [1.29, 1.82) is 0 Å². The Hall–Kier alpha value is -1.79. The zero-order chi connectivity index (χ0) is 17.8. The average molecular weight is 367 g/mol. The molecule has 2 fully saturated rings. The number of hydrogen-bond donors (Lipinski definition) is 2. The fraction of sp³-hybridized carbons (Fsp3) is 0.556. The minimum absolute atomic E-state index is 0.0460. The van der Waals surface area contributed by atoms with Crippen molar-refractivity contribution in [2.45, 2.75) is 37.8 Å². The summed E-state index contributed by atoms with van der Waals surface area (Å²) >= 11 is 6.23. The largest absolute Gasteiger partial charge is 0.481 e. The summed E-state index contributed by atoms with van der Waals surface area (Å²) < 4.78 is 5.78. The molecule has 2 aliphatic rings. The summed E-state index contributed by atoms with van der Waals surface area (Å²) in [6.45, 7) is 1.46. The zero-order valence-corrected chi connectivity index (χ0v) is 14.7. The summed E-state index contributed by atoms with van der Waals surface area (Å²) in [5, 5.41) is 12.7. The Balaban J connectivity index is 1.54. The standard InChI is InChI=1S/C18H23ClN2O4/c19-15-4-2-1-3-14(15)16-11-21(9-10-25-16)18(24)20-13-7-5-12(6-8-13)17(22)23/h1-4,12-13,16H,5-11H2,(H,20,24)(H,22,23). The Morgan fingerprint density at radius 2 is 1.92 bits per heavy atom. The lowest BCUT2D eigenvalue weighted by atomic mass is 9.86. The number of carbonyl (C=O) groups excluding carboxylic acids is 1. The number of halogens is 1. The summed E-state index contributed by atoms with van der Waals surface area (Å²) in [7, 11) is 0.